The van der Waals surface area contributed by atoms with Gasteiger partial charge in [-0.25, -0.2) is 13.6 Å². The molecule has 0 bridgehead atoms. The van der Waals surface area contributed by atoms with E-state index < -0.39 is 10.0 Å². The fraction of sp³-hybridized carbons (Fsp3) is 0.571. The smallest absolute Gasteiger partial charge is 0.238 e. The third-order valence-corrected chi connectivity index (χ3v) is 4.82. The summed E-state index contributed by atoms with van der Waals surface area (Å²) < 4.78 is 27.8. The van der Waals surface area contributed by atoms with Gasteiger partial charge >= 0.3 is 0 Å². The van der Waals surface area contributed by atoms with E-state index >= 15 is 0 Å². The van der Waals surface area contributed by atoms with E-state index in [1.54, 1.807) is 24.3 Å². The summed E-state index contributed by atoms with van der Waals surface area (Å²) in [6.07, 6.45) is 1.09. The fourth-order valence-corrected chi connectivity index (χ4v) is 3.04. The summed E-state index contributed by atoms with van der Waals surface area (Å²) in [5.74, 6) is 0.543. The van der Waals surface area contributed by atoms with Crippen molar-refractivity contribution < 1.29 is 13.2 Å². The lowest BCUT2D eigenvalue weighted by atomic mass is 9.98. The van der Waals surface area contributed by atoms with Crippen LogP contribution in [0.5, 0.6) is 0 Å². The number of nitrogens with one attached hydrogen (secondary N) is 1. The second-order valence-corrected chi connectivity index (χ2v) is 6.98. The van der Waals surface area contributed by atoms with Gasteiger partial charge in [0.1, 0.15) is 0 Å². The first-order valence-corrected chi connectivity index (χ1v) is 8.39. The maximum absolute atomic E-state index is 11.2. The zero-order chi connectivity index (χ0) is 14.8. The molecule has 1 aromatic carbocycles. The third-order valence-electron chi connectivity index (χ3n) is 3.89. The summed E-state index contributed by atoms with van der Waals surface area (Å²) in [5, 5.41) is 8.62. The highest BCUT2D eigenvalue weighted by molar-refractivity contribution is 7.89. The van der Waals surface area contributed by atoms with E-state index in [2.05, 4.69) is 19.2 Å². The number of sulfonamides is 1. The maximum Gasteiger partial charge on any atom is 0.238 e. The van der Waals surface area contributed by atoms with Crippen LogP contribution in [0, 0.1) is 5.92 Å². The van der Waals surface area contributed by atoms with Crippen LogP contribution in [-0.2, 0) is 14.8 Å². The number of primary sulfonamides is 1. The lowest BCUT2D eigenvalue weighted by molar-refractivity contribution is 0.177. The number of rotatable bonds is 5. The Hall–Kier alpha value is -0.950. The van der Waals surface area contributed by atoms with Crippen LogP contribution in [0.15, 0.2) is 29.2 Å². The first-order chi connectivity index (χ1) is 9.38. The van der Waals surface area contributed by atoms with Crippen LogP contribution in [0.1, 0.15) is 31.9 Å². The van der Waals surface area contributed by atoms with Crippen LogP contribution in [0.4, 0.5) is 0 Å². The van der Waals surface area contributed by atoms with E-state index in [0.29, 0.717) is 12.0 Å². The number of benzene rings is 1. The van der Waals surface area contributed by atoms with Crippen LogP contribution < -0.4 is 10.5 Å². The molecule has 1 fully saturated rings. The lowest BCUT2D eigenvalue weighted by Gasteiger charge is -2.24. The normalized spacial score (nSPS) is 22.6. The van der Waals surface area contributed by atoms with E-state index in [4.69, 9.17) is 9.88 Å². The molecule has 3 N–H and O–H groups in total. The van der Waals surface area contributed by atoms with E-state index in [1.807, 2.05) is 0 Å². The van der Waals surface area contributed by atoms with Gasteiger partial charge in [-0.05, 0) is 43.9 Å². The molecule has 6 heteroatoms. The van der Waals surface area contributed by atoms with Crippen molar-refractivity contribution >= 4 is 10.0 Å². The van der Waals surface area contributed by atoms with Gasteiger partial charge in [0, 0.05) is 18.7 Å². The summed E-state index contributed by atoms with van der Waals surface area (Å²) >= 11 is 0. The van der Waals surface area contributed by atoms with E-state index in [9.17, 15) is 8.42 Å². The minimum Gasteiger partial charge on any atom is -0.381 e. The minimum absolute atomic E-state index is 0.144. The van der Waals surface area contributed by atoms with Crippen molar-refractivity contribution in [1.82, 2.24) is 5.32 Å². The van der Waals surface area contributed by atoms with E-state index in [-0.39, 0.29) is 10.9 Å². The molecule has 0 aliphatic carbocycles. The molecule has 0 spiro atoms. The van der Waals surface area contributed by atoms with Gasteiger partial charge < -0.3 is 10.1 Å². The van der Waals surface area contributed by atoms with Gasteiger partial charge in [-0.15, -0.1) is 0 Å². The van der Waals surface area contributed by atoms with Crippen molar-refractivity contribution in [2.24, 2.45) is 11.1 Å². The van der Waals surface area contributed by atoms with Crippen LogP contribution in [-0.4, -0.2) is 27.7 Å². The quantitative estimate of drug-likeness (QED) is 0.861. The van der Waals surface area contributed by atoms with Crippen molar-refractivity contribution in [3.8, 4) is 0 Å². The predicted octanol–water partition coefficient (Wildman–Crippen LogP) is 1.41. The van der Waals surface area contributed by atoms with E-state index in [0.717, 1.165) is 25.2 Å². The summed E-state index contributed by atoms with van der Waals surface area (Å²) in [6, 6.07) is 7.22. The van der Waals surface area contributed by atoms with Crippen molar-refractivity contribution in [3.63, 3.8) is 0 Å². The summed E-state index contributed by atoms with van der Waals surface area (Å²) in [4.78, 5) is 0.144. The Bertz CT molecular complexity index is 536. The average Bonchev–Trinajstić information content (AvgIpc) is 2.91. The predicted molar refractivity (Wildman–Crippen MR) is 77.8 cm³/mol. The van der Waals surface area contributed by atoms with E-state index in [1.165, 1.54) is 0 Å². The number of ether oxygens (including phenoxy) is 1. The molecule has 3 atom stereocenters. The molecule has 1 aliphatic rings. The van der Waals surface area contributed by atoms with Gasteiger partial charge in [0.05, 0.1) is 11.5 Å². The molecule has 20 heavy (non-hydrogen) atoms. The molecule has 0 saturated carbocycles. The molecule has 112 valence electrons. The summed E-state index contributed by atoms with van der Waals surface area (Å²) in [6.45, 7) is 5.88. The zero-order valence-electron chi connectivity index (χ0n) is 11.9. The Morgan fingerprint density at radius 2 is 1.95 bits per heavy atom. The van der Waals surface area contributed by atoms with Crippen molar-refractivity contribution in [3.05, 3.63) is 29.8 Å². The van der Waals surface area contributed by atoms with Gasteiger partial charge in [0.2, 0.25) is 10.0 Å². The molecular weight excluding hydrogens is 276 g/mol. The summed E-state index contributed by atoms with van der Waals surface area (Å²) in [5.41, 5.74) is 1.04. The lowest BCUT2D eigenvalue weighted by Crippen LogP contribution is -2.35. The Kier molecular flexibility index (Phi) is 4.80. The van der Waals surface area contributed by atoms with Crippen LogP contribution >= 0.6 is 0 Å². The molecule has 1 aliphatic heterocycles. The van der Waals surface area contributed by atoms with Gasteiger partial charge in [-0.2, -0.15) is 0 Å². The zero-order valence-corrected chi connectivity index (χ0v) is 12.7. The molecule has 1 saturated heterocycles. The Balaban J connectivity index is 2.00. The highest BCUT2D eigenvalue weighted by atomic mass is 32.2. The fourth-order valence-electron chi connectivity index (χ4n) is 2.52. The Morgan fingerprint density at radius 1 is 1.30 bits per heavy atom. The van der Waals surface area contributed by atoms with Crippen LogP contribution in [0.3, 0.4) is 0 Å². The number of nitrogens with two attached hydrogens (primary N) is 1. The maximum atomic E-state index is 11.2. The van der Waals surface area contributed by atoms with Gasteiger partial charge in [0.25, 0.3) is 0 Å². The Labute approximate surface area is 120 Å². The molecule has 3 unspecified atom stereocenters. The highest BCUT2D eigenvalue weighted by Crippen LogP contribution is 2.21. The second-order valence-electron chi connectivity index (χ2n) is 5.41. The first-order valence-electron chi connectivity index (χ1n) is 6.84. The molecular formula is C14H22N2O3S. The summed E-state index contributed by atoms with van der Waals surface area (Å²) in [7, 11) is -3.62. The average molecular weight is 298 g/mol. The van der Waals surface area contributed by atoms with Gasteiger partial charge in [-0.3, -0.25) is 0 Å². The monoisotopic (exact) mass is 298 g/mol. The van der Waals surface area contributed by atoms with Gasteiger partial charge in [0.15, 0.2) is 0 Å². The third kappa shape index (κ3) is 3.79. The molecule has 1 aromatic rings. The van der Waals surface area contributed by atoms with Gasteiger partial charge in [-0.1, -0.05) is 12.1 Å². The first kappa shape index (κ1) is 15.4. The van der Waals surface area contributed by atoms with Crippen LogP contribution in [0.2, 0.25) is 0 Å². The second kappa shape index (κ2) is 6.22. The highest BCUT2D eigenvalue weighted by Gasteiger charge is 2.23. The number of hydrogen-bond acceptors (Lipinski definition) is 4. The molecule has 0 radical (unpaired) electrons. The molecule has 1 heterocycles. The SMILES string of the molecule is CC(NC(C)C1CCOC1)c1ccc(S(N)(=O)=O)cc1. The van der Waals surface area contributed by atoms with Crippen molar-refractivity contribution in [2.75, 3.05) is 13.2 Å². The Morgan fingerprint density at radius 3 is 2.45 bits per heavy atom. The number of hydrogen-bond donors (Lipinski definition) is 2. The standard InChI is InChI=1S/C14H22N2O3S/c1-10(16-11(2)13-7-8-19-9-13)12-3-5-14(6-4-12)20(15,17)18/h3-6,10-11,13,16H,7-9H2,1-2H3,(H2,15,17,18). The molecule has 2 rings (SSSR count). The molecule has 5 nitrogen and oxygen atoms in total. The topological polar surface area (TPSA) is 81.4 Å². The largest absolute Gasteiger partial charge is 0.381 e. The van der Waals surface area contributed by atoms with Crippen molar-refractivity contribution in [1.29, 1.82) is 0 Å². The molecule has 0 aromatic heterocycles. The minimum atomic E-state index is -3.62. The van der Waals surface area contributed by atoms with Crippen molar-refractivity contribution in [2.45, 2.75) is 37.2 Å². The van der Waals surface area contributed by atoms with Crippen LogP contribution in [0.25, 0.3) is 0 Å². The molecule has 0 amide bonds.